The van der Waals surface area contributed by atoms with Gasteiger partial charge in [0.2, 0.25) is 0 Å². The van der Waals surface area contributed by atoms with Gasteiger partial charge in [0.05, 0.1) is 16.0 Å². The van der Waals surface area contributed by atoms with Gasteiger partial charge in [0.15, 0.2) is 0 Å². The summed E-state index contributed by atoms with van der Waals surface area (Å²) in [5.74, 6) is 0. The molecule has 0 atom stereocenters. The number of aromatic nitrogens is 1. The molecule has 0 saturated carbocycles. The van der Waals surface area contributed by atoms with Gasteiger partial charge in [-0.05, 0) is 81.0 Å². The topological polar surface area (TPSA) is 48.1 Å². The fourth-order valence-corrected chi connectivity index (χ4v) is 6.96. The molecule has 0 radical (unpaired) electrons. The van der Waals surface area contributed by atoms with Gasteiger partial charge >= 0.3 is 0 Å². The van der Waals surface area contributed by atoms with Crippen LogP contribution in [-0.2, 0) is 17.4 Å². The van der Waals surface area contributed by atoms with Crippen molar-refractivity contribution in [2.75, 3.05) is 0 Å². The largest absolute Gasteiger partial charge is 0.336 e. The first-order chi connectivity index (χ1) is 19.6. The number of hydrogen-bond acceptors (Lipinski definition) is 2. The number of nitro benzene ring substituents is 1. The summed E-state index contributed by atoms with van der Waals surface area (Å²) in [4.78, 5) is 12.3. The molecule has 0 N–H and O–H groups in total. The second kappa shape index (κ2) is 9.04. The molecule has 1 aromatic heterocycles. The normalized spacial score (nSPS) is 15.8. The lowest BCUT2D eigenvalue weighted by Crippen LogP contribution is -2.34. The summed E-state index contributed by atoms with van der Waals surface area (Å²) in [6.45, 7) is 9.71. The Hall–Kier alpha value is -4.44. The van der Waals surface area contributed by atoms with Crippen molar-refractivity contribution >= 4 is 38.3 Å². The van der Waals surface area contributed by atoms with Crippen LogP contribution in [0.3, 0.4) is 0 Å². The van der Waals surface area contributed by atoms with E-state index in [0.717, 1.165) is 41.4 Å². The molecule has 0 amide bonds. The van der Waals surface area contributed by atoms with Crippen LogP contribution in [0.15, 0.2) is 97.1 Å². The zero-order chi connectivity index (χ0) is 28.5. The highest BCUT2D eigenvalue weighted by Crippen LogP contribution is 2.49. The van der Waals surface area contributed by atoms with Gasteiger partial charge in [-0.15, -0.1) is 0 Å². The lowest BCUT2D eigenvalue weighted by Gasteiger charge is -2.41. The average molecular weight is 539 g/mol. The molecule has 0 saturated heterocycles. The van der Waals surface area contributed by atoms with Gasteiger partial charge in [-0.2, -0.15) is 0 Å². The molecule has 7 rings (SSSR count). The summed E-state index contributed by atoms with van der Waals surface area (Å²) in [6, 6.07) is 33.8. The molecule has 5 aromatic carbocycles. The first-order valence-electron chi connectivity index (χ1n) is 14.5. The maximum absolute atomic E-state index is 12.5. The van der Waals surface area contributed by atoms with Crippen LogP contribution in [-0.4, -0.2) is 9.49 Å². The van der Waals surface area contributed by atoms with E-state index >= 15 is 0 Å². The van der Waals surface area contributed by atoms with Crippen LogP contribution in [0.25, 0.3) is 43.7 Å². The SMILES string of the molecule is CC1(C)CCC(C)(C)c2cc([N+](=O)[O-])c(-c3ccc4c(c3)c3c5ccccc5ccc3n4Cc3ccccc3)cc21. The molecule has 1 heterocycles. The van der Waals surface area contributed by atoms with Gasteiger partial charge < -0.3 is 4.57 Å². The van der Waals surface area contributed by atoms with Crippen LogP contribution < -0.4 is 0 Å². The lowest BCUT2D eigenvalue weighted by atomic mass is 9.62. The number of hydrogen-bond donors (Lipinski definition) is 0. The molecule has 204 valence electrons. The number of nitro groups is 1. The molecule has 0 unspecified atom stereocenters. The van der Waals surface area contributed by atoms with Crippen LogP contribution in [0.1, 0.15) is 57.2 Å². The first-order valence-corrected chi connectivity index (χ1v) is 14.5. The Bertz CT molecular complexity index is 2000. The third-order valence-corrected chi connectivity index (χ3v) is 9.41. The molecule has 4 heteroatoms. The third kappa shape index (κ3) is 4.04. The summed E-state index contributed by atoms with van der Waals surface area (Å²) >= 11 is 0. The zero-order valence-corrected chi connectivity index (χ0v) is 24.1. The average Bonchev–Trinajstić information content (AvgIpc) is 3.28. The van der Waals surface area contributed by atoms with E-state index in [1.165, 1.54) is 32.8 Å². The second-order valence-electron chi connectivity index (χ2n) is 12.9. The van der Waals surface area contributed by atoms with Crippen molar-refractivity contribution in [3.8, 4) is 11.1 Å². The first kappa shape index (κ1) is 25.5. The van der Waals surface area contributed by atoms with Gasteiger partial charge in [-0.3, -0.25) is 10.1 Å². The Kier molecular flexibility index (Phi) is 5.62. The van der Waals surface area contributed by atoms with Crippen LogP contribution in [0.2, 0.25) is 0 Å². The van der Waals surface area contributed by atoms with E-state index in [1.54, 1.807) is 0 Å². The minimum atomic E-state index is -0.203. The number of benzene rings is 5. The molecule has 0 bridgehead atoms. The third-order valence-electron chi connectivity index (χ3n) is 9.41. The molecule has 1 aliphatic carbocycles. The van der Waals surface area contributed by atoms with Crippen molar-refractivity contribution in [2.45, 2.75) is 57.9 Å². The van der Waals surface area contributed by atoms with Crippen LogP contribution in [0, 0.1) is 10.1 Å². The number of fused-ring (bicyclic) bond motifs is 6. The highest BCUT2D eigenvalue weighted by Gasteiger charge is 2.39. The molecule has 4 nitrogen and oxygen atoms in total. The van der Waals surface area contributed by atoms with Gasteiger partial charge in [0.1, 0.15) is 0 Å². The summed E-state index contributed by atoms with van der Waals surface area (Å²) in [6.07, 6.45) is 2.08. The maximum Gasteiger partial charge on any atom is 0.277 e. The summed E-state index contributed by atoms with van der Waals surface area (Å²) in [5, 5.41) is 17.2. The van der Waals surface area contributed by atoms with Crippen molar-refractivity contribution in [3.05, 3.63) is 124 Å². The lowest BCUT2D eigenvalue weighted by molar-refractivity contribution is -0.384. The molecular weight excluding hydrogens is 504 g/mol. The van der Waals surface area contributed by atoms with Crippen molar-refractivity contribution in [2.24, 2.45) is 0 Å². The number of rotatable bonds is 4. The highest BCUT2D eigenvalue weighted by molar-refractivity contribution is 6.21. The van der Waals surface area contributed by atoms with Crippen molar-refractivity contribution in [1.29, 1.82) is 0 Å². The van der Waals surface area contributed by atoms with Gasteiger partial charge in [0, 0.05) is 28.9 Å². The fourth-order valence-electron chi connectivity index (χ4n) is 6.96. The maximum atomic E-state index is 12.5. The van der Waals surface area contributed by atoms with Gasteiger partial charge in [-0.1, -0.05) is 94.4 Å². The van der Waals surface area contributed by atoms with Crippen molar-refractivity contribution in [1.82, 2.24) is 4.57 Å². The predicted molar refractivity (Wildman–Crippen MR) is 170 cm³/mol. The Morgan fingerprint density at radius 1 is 0.732 bits per heavy atom. The van der Waals surface area contributed by atoms with Gasteiger partial charge in [0.25, 0.3) is 5.69 Å². The highest BCUT2D eigenvalue weighted by atomic mass is 16.6. The van der Waals surface area contributed by atoms with E-state index in [9.17, 15) is 10.1 Å². The van der Waals surface area contributed by atoms with Crippen LogP contribution in [0.4, 0.5) is 5.69 Å². The minimum Gasteiger partial charge on any atom is -0.336 e. The van der Waals surface area contributed by atoms with E-state index in [-0.39, 0.29) is 21.4 Å². The van der Waals surface area contributed by atoms with E-state index in [1.807, 2.05) is 12.1 Å². The molecule has 0 spiro atoms. The van der Waals surface area contributed by atoms with E-state index in [2.05, 4.69) is 117 Å². The standard InChI is InChI=1S/C37H34N2O2/c1-36(2)18-19-37(3,4)31-22-34(39(40)41)28(21-30(31)36)26-15-16-32-29(20-26)35-27-13-9-8-12-25(27)14-17-33(35)38(32)23-24-10-6-5-7-11-24/h5-17,20-22H,18-19,23H2,1-4H3. The van der Waals surface area contributed by atoms with Crippen molar-refractivity contribution in [3.63, 3.8) is 0 Å². The van der Waals surface area contributed by atoms with Crippen LogP contribution in [0.5, 0.6) is 0 Å². The van der Waals surface area contributed by atoms with E-state index in [0.29, 0.717) is 5.56 Å². The minimum absolute atomic E-state index is 0.0409. The monoisotopic (exact) mass is 538 g/mol. The van der Waals surface area contributed by atoms with E-state index in [4.69, 9.17) is 0 Å². The fraction of sp³-hybridized carbons (Fsp3) is 0.243. The second-order valence-corrected chi connectivity index (χ2v) is 12.9. The summed E-state index contributed by atoms with van der Waals surface area (Å²) in [5.41, 5.74) is 7.51. The van der Waals surface area contributed by atoms with E-state index < -0.39 is 0 Å². The summed E-state index contributed by atoms with van der Waals surface area (Å²) < 4.78 is 2.38. The molecule has 1 aliphatic rings. The Labute approximate surface area is 240 Å². The zero-order valence-electron chi connectivity index (χ0n) is 24.1. The Balaban J connectivity index is 1.53. The Morgan fingerprint density at radius 3 is 2.12 bits per heavy atom. The van der Waals surface area contributed by atoms with Crippen LogP contribution >= 0.6 is 0 Å². The quantitative estimate of drug-likeness (QED) is 0.166. The predicted octanol–water partition coefficient (Wildman–Crippen LogP) is 9.92. The number of nitrogens with zero attached hydrogens (tertiary/aromatic N) is 2. The Morgan fingerprint density at radius 2 is 1.39 bits per heavy atom. The molecule has 0 fully saturated rings. The molecule has 0 aliphatic heterocycles. The molecular formula is C37H34N2O2. The molecule has 41 heavy (non-hydrogen) atoms. The summed E-state index contributed by atoms with van der Waals surface area (Å²) in [7, 11) is 0. The molecule has 6 aromatic rings. The van der Waals surface area contributed by atoms with Crippen molar-refractivity contribution < 1.29 is 4.92 Å². The smallest absolute Gasteiger partial charge is 0.277 e. The van der Waals surface area contributed by atoms with Gasteiger partial charge in [-0.25, -0.2) is 0 Å².